The molecule has 0 unspecified atom stereocenters. The maximum absolute atomic E-state index is 15.1. The normalized spacial score (nSPS) is 14.5. The second kappa shape index (κ2) is 14.4. The third-order valence-electron chi connectivity index (χ3n) is 8.28. The fourth-order valence-electron chi connectivity index (χ4n) is 5.90. The van der Waals surface area contributed by atoms with Crippen LogP contribution < -0.4 is 14.8 Å². The topological polar surface area (TPSA) is 95.6 Å². The van der Waals surface area contributed by atoms with E-state index in [1.165, 1.54) is 25.3 Å². The van der Waals surface area contributed by atoms with Gasteiger partial charge in [0.1, 0.15) is 16.5 Å². The fourth-order valence-corrected chi connectivity index (χ4v) is 6.99. The van der Waals surface area contributed by atoms with Crippen LogP contribution >= 0.6 is 11.3 Å². The Morgan fingerprint density at radius 1 is 0.854 bits per heavy atom. The minimum Gasteiger partial charge on any atom is -0.465 e. The van der Waals surface area contributed by atoms with Crippen LogP contribution in [0.2, 0.25) is 0 Å². The molecule has 0 N–H and O–H groups in total. The highest BCUT2D eigenvalue weighted by Crippen LogP contribution is 2.29. The van der Waals surface area contributed by atoms with Gasteiger partial charge in [0.05, 0.1) is 28.9 Å². The molecule has 4 aromatic carbocycles. The molecule has 8 nitrogen and oxygen atoms in total. The van der Waals surface area contributed by atoms with Gasteiger partial charge in [0.2, 0.25) is 0 Å². The molecule has 0 saturated carbocycles. The fraction of sp³-hybridized carbons (Fsp3) is 0.158. The number of hydrogen-bond donors (Lipinski definition) is 0. The summed E-state index contributed by atoms with van der Waals surface area (Å²) in [5.41, 5.74) is 2.35. The summed E-state index contributed by atoms with van der Waals surface area (Å²) >= 11 is 0.944. The van der Waals surface area contributed by atoms with Gasteiger partial charge >= 0.3 is 5.97 Å². The van der Waals surface area contributed by atoms with Crippen LogP contribution in [0.15, 0.2) is 114 Å². The van der Waals surface area contributed by atoms with E-state index in [4.69, 9.17) is 4.74 Å². The molecule has 48 heavy (non-hydrogen) atoms. The van der Waals surface area contributed by atoms with E-state index in [1.54, 1.807) is 41.3 Å². The summed E-state index contributed by atoms with van der Waals surface area (Å²) in [6.07, 6.45) is 1.58. The number of rotatable bonds is 7. The lowest BCUT2D eigenvalue weighted by Gasteiger charge is -2.39. The maximum Gasteiger partial charge on any atom is 0.337 e. The number of methoxy groups -OCH3 is 1. The van der Waals surface area contributed by atoms with E-state index in [2.05, 4.69) is 29.2 Å². The molecule has 1 fully saturated rings. The Labute approximate surface area is 280 Å². The van der Waals surface area contributed by atoms with Crippen molar-refractivity contribution < 1.29 is 18.7 Å². The van der Waals surface area contributed by atoms with Gasteiger partial charge in [-0.15, -0.1) is 11.3 Å². The number of amides is 1. The number of esters is 1. The molecule has 0 aliphatic carbocycles. The molecule has 1 aromatic heterocycles. The third-order valence-corrected chi connectivity index (χ3v) is 9.38. The molecule has 240 valence electrons. The smallest absolute Gasteiger partial charge is 0.337 e. The maximum atomic E-state index is 15.1. The summed E-state index contributed by atoms with van der Waals surface area (Å²) in [5.74, 6) is -1.68. The average Bonchev–Trinajstić information content (AvgIpc) is 3.44. The van der Waals surface area contributed by atoms with Gasteiger partial charge in [0, 0.05) is 26.2 Å². The molecule has 1 aliphatic heterocycles. The van der Waals surface area contributed by atoms with Crippen molar-refractivity contribution in [1.29, 1.82) is 5.26 Å². The first-order valence-corrected chi connectivity index (χ1v) is 16.2. The molecular formula is C38H31FN4O4S. The number of piperazine rings is 1. The number of nitriles is 1. The lowest BCUT2D eigenvalue weighted by molar-refractivity contribution is -0.126. The number of para-hydroxylation sites is 1. The van der Waals surface area contributed by atoms with Gasteiger partial charge in [0.25, 0.3) is 11.5 Å². The number of nitrogens with zero attached hydrogens (tertiary/aromatic N) is 4. The van der Waals surface area contributed by atoms with E-state index in [1.807, 2.05) is 42.5 Å². The Balaban J connectivity index is 1.37. The van der Waals surface area contributed by atoms with Crippen molar-refractivity contribution in [2.24, 2.45) is 0 Å². The summed E-state index contributed by atoms with van der Waals surface area (Å²) < 4.78 is 21.2. The number of hydrogen-bond acceptors (Lipinski definition) is 7. The average molecular weight is 659 g/mol. The van der Waals surface area contributed by atoms with Gasteiger partial charge in [0.15, 0.2) is 5.57 Å². The van der Waals surface area contributed by atoms with Crippen LogP contribution in [0.3, 0.4) is 0 Å². The molecular weight excluding hydrogens is 628 g/mol. The third kappa shape index (κ3) is 6.60. The number of halogens is 1. The summed E-state index contributed by atoms with van der Waals surface area (Å²) in [6, 6.07) is 34.6. The molecule has 2 heterocycles. The molecule has 0 spiro atoms. The molecule has 6 rings (SSSR count). The lowest BCUT2D eigenvalue weighted by Crippen LogP contribution is -2.50. The van der Waals surface area contributed by atoms with Crippen LogP contribution in [-0.2, 0) is 9.53 Å². The molecule has 10 heteroatoms. The molecule has 0 radical (unpaired) electrons. The van der Waals surface area contributed by atoms with Crippen molar-refractivity contribution in [2.45, 2.75) is 6.04 Å². The summed E-state index contributed by atoms with van der Waals surface area (Å²) in [5, 5.41) is 10.4. The van der Waals surface area contributed by atoms with Crippen molar-refractivity contribution in [2.75, 3.05) is 33.3 Å². The van der Waals surface area contributed by atoms with Crippen molar-refractivity contribution >= 4 is 34.9 Å². The Hall–Kier alpha value is -5.63. The zero-order valence-electron chi connectivity index (χ0n) is 26.1. The van der Waals surface area contributed by atoms with E-state index in [0.717, 1.165) is 27.0 Å². The zero-order valence-corrected chi connectivity index (χ0v) is 26.9. The van der Waals surface area contributed by atoms with E-state index >= 15 is 4.39 Å². The van der Waals surface area contributed by atoms with E-state index < -0.39 is 23.3 Å². The molecule has 1 amide bonds. The first-order chi connectivity index (χ1) is 23.4. The van der Waals surface area contributed by atoms with Gasteiger partial charge in [-0.2, -0.15) is 5.26 Å². The Bertz CT molecular complexity index is 2130. The van der Waals surface area contributed by atoms with Crippen molar-refractivity contribution in [1.82, 2.24) is 14.4 Å². The Kier molecular flexibility index (Phi) is 9.71. The lowest BCUT2D eigenvalue weighted by atomic mass is 9.96. The van der Waals surface area contributed by atoms with Crippen LogP contribution in [0.5, 0.6) is 0 Å². The van der Waals surface area contributed by atoms with Gasteiger partial charge < -0.3 is 9.64 Å². The van der Waals surface area contributed by atoms with Crippen molar-refractivity contribution in [3.05, 3.63) is 157 Å². The summed E-state index contributed by atoms with van der Waals surface area (Å²) in [6.45, 7) is 1.84. The SMILES string of the molecule is COC(=O)c1ccc(/C=c2/s/c(=C(\C#N)C(=O)N3CCN(C(c4ccccc4)c4ccccc4)CC3)n(-c3ccccc3F)c2=O)cc1. The van der Waals surface area contributed by atoms with Crippen LogP contribution in [0.4, 0.5) is 4.39 Å². The van der Waals surface area contributed by atoms with E-state index in [0.29, 0.717) is 37.3 Å². The van der Waals surface area contributed by atoms with Gasteiger partial charge in [-0.1, -0.05) is 84.9 Å². The van der Waals surface area contributed by atoms with E-state index in [9.17, 15) is 19.6 Å². The molecule has 0 atom stereocenters. The van der Waals surface area contributed by atoms with Crippen LogP contribution in [0, 0.1) is 17.1 Å². The first kappa shape index (κ1) is 32.3. The standard InChI is InChI=1S/C38H31FN4O4S/c1-47-38(46)29-18-16-26(17-19-29)24-33-36(45)43(32-15-9-8-14-31(32)39)37(48-33)30(25-40)35(44)42-22-20-41(21-23-42)34(27-10-4-2-5-11-27)28-12-6-3-7-13-28/h2-19,24,34H,20-23H2,1H3/b33-24+,37-30+. The van der Waals surface area contributed by atoms with E-state index in [-0.39, 0.29) is 26.5 Å². The number of carbonyl (C=O) groups excluding carboxylic acids is 2. The zero-order chi connectivity index (χ0) is 33.6. The Morgan fingerprint density at radius 3 is 2.00 bits per heavy atom. The second-order valence-electron chi connectivity index (χ2n) is 11.2. The first-order valence-electron chi connectivity index (χ1n) is 15.3. The minimum atomic E-state index is -0.668. The largest absolute Gasteiger partial charge is 0.465 e. The number of carbonyl (C=O) groups is 2. The monoisotopic (exact) mass is 658 g/mol. The highest BCUT2D eigenvalue weighted by atomic mass is 32.1. The molecule has 1 aliphatic rings. The second-order valence-corrected chi connectivity index (χ2v) is 12.2. The predicted octanol–water partition coefficient (Wildman–Crippen LogP) is 4.26. The molecule has 1 saturated heterocycles. The van der Waals surface area contributed by atoms with Gasteiger partial charge in [-0.25, -0.2) is 9.18 Å². The summed E-state index contributed by atoms with van der Waals surface area (Å²) in [7, 11) is 1.29. The number of benzene rings is 4. The predicted molar refractivity (Wildman–Crippen MR) is 182 cm³/mol. The van der Waals surface area contributed by atoms with Crippen LogP contribution in [0.1, 0.15) is 33.1 Å². The van der Waals surface area contributed by atoms with Gasteiger partial charge in [-0.3, -0.25) is 19.1 Å². The number of aromatic nitrogens is 1. The number of thiazole rings is 1. The quantitative estimate of drug-likeness (QED) is 0.243. The highest BCUT2D eigenvalue weighted by Gasteiger charge is 2.30. The summed E-state index contributed by atoms with van der Waals surface area (Å²) in [4.78, 5) is 43.6. The van der Waals surface area contributed by atoms with Crippen LogP contribution in [0.25, 0.3) is 17.3 Å². The highest BCUT2D eigenvalue weighted by molar-refractivity contribution is 7.07. The molecule has 0 bridgehead atoms. The van der Waals surface area contributed by atoms with Crippen molar-refractivity contribution in [3.63, 3.8) is 0 Å². The minimum absolute atomic E-state index is 0.00706. The number of ether oxygens (including phenoxy) is 1. The van der Waals surface area contributed by atoms with Gasteiger partial charge in [-0.05, 0) is 47.0 Å². The Morgan fingerprint density at radius 2 is 1.44 bits per heavy atom. The molecule has 5 aromatic rings. The van der Waals surface area contributed by atoms with Crippen LogP contribution in [-0.4, -0.2) is 59.5 Å². The van der Waals surface area contributed by atoms with Crippen molar-refractivity contribution in [3.8, 4) is 11.8 Å².